The third-order valence-electron chi connectivity index (χ3n) is 3.03. The van der Waals surface area contributed by atoms with Crippen LogP contribution in [0.4, 0.5) is 27.6 Å². The highest BCUT2D eigenvalue weighted by Crippen LogP contribution is 2.24. The van der Waals surface area contributed by atoms with Gasteiger partial charge in [-0.05, 0) is 24.1 Å². The minimum atomic E-state index is -2.31. The van der Waals surface area contributed by atoms with Gasteiger partial charge in [-0.15, -0.1) is 0 Å². The van der Waals surface area contributed by atoms with Crippen molar-refractivity contribution >= 4 is 11.6 Å². The Morgan fingerprint density at radius 2 is 1.50 bits per heavy atom. The van der Waals surface area contributed by atoms with Crippen LogP contribution in [0.1, 0.15) is 22.8 Å². The fourth-order valence-corrected chi connectivity index (χ4v) is 1.87. The summed E-state index contributed by atoms with van der Waals surface area (Å²) in [6.45, 7) is 1.85. The van der Waals surface area contributed by atoms with Crippen LogP contribution in [-0.2, 0) is 6.42 Å². The van der Waals surface area contributed by atoms with Crippen molar-refractivity contribution in [2.75, 3.05) is 5.32 Å². The number of rotatable bonds is 3. The molecule has 0 radical (unpaired) electrons. The van der Waals surface area contributed by atoms with Crippen LogP contribution in [-0.4, -0.2) is 5.91 Å². The molecule has 22 heavy (non-hydrogen) atoms. The second-order valence-electron chi connectivity index (χ2n) is 4.45. The number of carbonyl (C=O) groups excluding carboxylic acids is 1. The lowest BCUT2D eigenvalue weighted by Gasteiger charge is -2.10. The molecule has 0 fully saturated rings. The van der Waals surface area contributed by atoms with E-state index in [1.54, 1.807) is 12.1 Å². The van der Waals surface area contributed by atoms with Gasteiger partial charge in [0.05, 0.1) is 0 Å². The van der Waals surface area contributed by atoms with Crippen LogP contribution in [0.25, 0.3) is 0 Å². The Bertz CT molecular complexity index is 716. The van der Waals surface area contributed by atoms with Gasteiger partial charge in [0.1, 0.15) is 5.56 Å². The molecule has 2 aromatic carbocycles. The molecule has 0 aromatic heterocycles. The first-order chi connectivity index (χ1) is 10.4. The summed E-state index contributed by atoms with van der Waals surface area (Å²) in [6, 6.07) is 6.31. The van der Waals surface area contributed by atoms with Crippen LogP contribution in [0.15, 0.2) is 24.3 Å². The first-order valence-corrected chi connectivity index (χ1v) is 6.28. The van der Waals surface area contributed by atoms with Gasteiger partial charge >= 0.3 is 0 Å². The zero-order chi connectivity index (χ0) is 16.4. The Morgan fingerprint density at radius 1 is 0.955 bits per heavy atom. The van der Waals surface area contributed by atoms with E-state index in [0.717, 1.165) is 5.56 Å². The quantitative estimate of drug-likeness (QED) is 0.513. The SMILES string of the molecule is CCc1cccc(NC(=O)c2c(F)c(F)c(F)c(F)c2F)c1. The summed E-state index contributed by atoms with van der Waals surface area (Å²) >= 11 is 0. The normalized spacial score (nSPS) is 10.6. The van der Waals surface area contributed by atoms with Crippen LogP contribution < -0.4 is 5.32 Å². The van der Waals surface area contributed by atoms with Crippen molar-refractivity contribution in [3.8, 4) is 0 Å². The summed E-state index contributed by atoms with van der Waals surface area (Å²) in [5, 5.41) is 2.11. The predicted octanol–water partition coefficient (Wildman–Crippen LogP) is 4.20. The molecule has 0 heterocycles. The van der Waals surface area contributed by atoms with Gasteiger partial charge in [-0.25, -0.2) is 22.0 Å². The molecule has 0 bridgehead atoms. The second-order valence-corrected chi connectivity index (χ2v) is 4.45. The average Bonchev–Trinajstić information content (AvgIpc) is 2.51. The molecule has 0 aliphatic rings. The van der Waals surface area contributed by atoms with Gasteiger partial charge in [-0.3, -0.25) is 4.79 Å². The molecule has 0 atom stereocenters. The van der Waals surface area contributed by atoms with E-state index in [0.29, 0.717) is 6.42 Å². The van der Waals surface area contributed by atoms with Crippen molar-refractivity contribution in [2.45, 2.75) is 13.3 Å². The molecular formula is C15H10F5NO. The van der Waals surface area contributed by atoms with E-state index in [1.807, 2.05) is 6.92 Å². The Morgan fingerprint density at radius 3 is 2.05 bits per heavy atom. The maximum absolute atomic E-state index is 13.5. The number of anilines is 1. The summed E-state index contributed by atoms with van der Waals surface area (Å²) < 4.78 is 66.1. The van der Waals surface area contributed by atoms with Crippen molar-refractivity contribution in [1.82, 2.24) is 0 Å². The van der Waals surface area contributed by atoms with Crippen LogP contribution in [0.5, 0.6) is 0 Å². The van der Waals surface area contributed by atoms with Gasteiger partial charge in [-0.2, -0.15) is 0 Å². The molecule has 2 rings (SSSR count). The lowest BCUT2D eigenvalue weighted by Crippen LogP contribution is -2.19. The van der Waals surface area contributed by atoms with E-state index in [9.17, 15) is 26.7 Å². The monoisotopic (exact) mass is 315 g/mol. The summed E-state index contributed by atoms with van der Waals surface area (Å²) in [5.74, 6) is -12.4. The minimum Gasteiger partial charge on any atom is -0.322 e. The van der Waals surface area contributed by atoms with Crippen molar-refractivity contribution in [3.63, 3.8) is 0 Å². The molecule has 0 spiro atoms. The number of hydrogen-bond donors (Lipinski definition) is 1. The molecule has 2 nitrogen and oxygen atoms in total. The number of carbonyl (C=O) groups is 1. The zero-order valence-corrected chi connectivity index (χ0v) is 11.3. The van der Waals surface area contributed by atoms with E-state index >= 15 is 0 Å². The molecular weight excluding hydrogens is 305 g/mol. The first-order valence-electron chi connectivity index (χ1n) is 6.28. The Hall–Kier alpha value is -2.44. The third-order valence-corrected chi connectivity index (χ3v) is 3.03. The molecule has 0 aliphatic heterocycles. The van der Waals surface area contributed by atoms with Crippen molar-refractivity contribution in [3.05, 3.63) is 64.5 Å². The van der Waals surface area contributed by atoms with Gasteiger partial charge in [0, 0.05) is 5.69 Å². The van der Waals surface area contributed by atoms with E-state index in [2.05, 4.69) is 5.32 Å². The fourth-order valence-electron chi connectivity index (χ4n) is 1.87. The molecule has 7 heteroatoms. The summed E-state index contributed by atoms with van der Waals surface area (Å²) in [6.07, 6.45) is 0.645. The van der Waals surface area contributed by atoms with Gasteiger partial charge in [-0.1, -0.05) is 19.1 Å². The minimum absolute atomic E-state index is 0.188. The highest BCUT2D eigenvalue weighted by Gasteiger charge is 2.29. The van der Waals surface area contributed by atoms with Gasteiger partial charge in [0.25, 0.3) is 5.91 Å². The van der Waals surface area contributed by atoms with Crippen LogP contribution in [0.2, 0.25) is 0 Å². The van der Waals surface area contributed by atoms with Crippen LogP contribution >= 0.6 is 0 Å². The molecule has 116 valence electrons. The first kappa shape index (κ1) is 15.9. The number of nitrogens with one attached hydrogen (secondary N) is 1. The molecule has 0 unspecified atom stereocenters. The lowest BCUT2D eigenvalue weighted by molar-refractivity contribution is 0.101. The fraction of sp³-hybridized carbons (Fsp3) is 0.133. The number of halogens is 5. The van der Waals surface area contributed by atoms with E-state index in [4.69, 9.17) is 0 Å². The highest BCUT2D eigenvalue weighted by molar-refractivity contribution is 6.04. The van der Waals surface area contributed by atoms with E-state index < -0.39 is 40.6 Å². The number of amides is 1. The molecule has 2 aromatic rings. The highest BCUT2D eigenvalue weighted by atomic mass is 19.2. The average molecular weight is 315 g/mol. The second kappa shape index (κ2) is 6.13. The summed E-state index contributed by atoms with van der Waals surface area (Å²) in [7, 11) is 0. The molecule has 1 N–H and O–H groups in total. The van der Waals surface area contributed by atoms with E-state index in [-0.39, 0.29) is 5.69 Å². The molecule has 0 saturated heterocycles. The molecule has 1 amide bonds. The maximum atomic E-state index is 13.5. The Balaban J connectivity index is 2.42. The predicted molar refractivity (Wildman–Crippen MR) is 70.0 cm³/mol. The molecule has 0 aliphatic carbocycles. The van der Waals surface area contributed by atoms with Gasteiger partial charge < -0.3 is 5.32 Å². The van der Waals surface area contributed by atoms with Crippen molar-refractivity contribution in [2.24, 2.45) is 0 Å². The Kier molecular flexibility index (Phi) is 4.44. The van der Waals surface area contributed by atoms with Crippen molar-refractivity contribution < 1.29 is 26.7 Å². The molecule has 0 saturated carbocycles. The number of benzene rings is 2. The van der Waals surface area contributed by atoms with Crippen LogP contribution in [0.3, 0.4) is 0 Å². The van der Waals surface area contributed by atoms with Crippen molar-refractivity contribution in [1.29, 1.82) is 0 Å². The summed E-state index contributed by atoms with van der Waals surface area (Å²) in [4.78, 5) is 11.8. The van der Waals surface area contributed by atoms with Gasteiger partial charge in [0.15, 0.2) is 23.3 Å². The van der Waals surface area contributed by atoms with Gasteiger partial charge in [0.2, 0.25) is 5.82 Å². The third kappa shape index (κ3) is 2.79. The van der Waals surface area contributed by atoms with Crippen LogP contribution in [0, 0.1) is 29.1 Å². The maximum Gasteiger partial charge on any atom is 0.261 e. The number of aryl methyl sites for hydroxylation is 1. The van der Waals surface area contributed by atoms with E-state index in [1.165, 1.54) is 12.1 Å². The topological polar surface area (TPSA) is 29.1 Å². The zero-order valence-electron chi connectivity index (χ0n) is 11.3. The smallest absolute Gasteiger partial charge is 0.261 e. The summed E-state index contributed by atoms with van der Waals surface area (Å²) in [5.41, 5.74) is -0.498. The largest absolute Gasteiger partial charge is 0.322 e. The Labute approximate surface area is 122 Å². The lowest BCUT2D eigenvalue weighted by atomic mass is 10.1. The standard InChI is InChI=1S/C15H10F5NO/c1-2-7-4-3-5-8(6-7)21-15(22)9-10(16)12(18)14(20)13(19)11(9)17/h3-6H,2H2,1H3,(H,21,22). The number of hydrogen-bond acceptors (Lipinski definition) is 1.